The molecule has 0 unspecified atom stereocenters. The minimum Gasteiger partial charge on any atom is -0.482 e. The Balaban J connectivity index is 2.70. The molecule has 0 bridgehead atoms. The molecule has 0 radical (unpaired) electrons. The molecule has 0 fully saturated rings. The fourth-order valence-corrected chi connectivity index (χ4v) is 2.21. The minimum atomic E-state index is -0.919. The van der Waals surface area contributed by atoms with Crippen molar-refractivity contribution in [2.24, 2.45) is 5.73 Å². The van der Waals surface area contributed by atoms with Crippen LogP contribution in [-0.4, -0.2) is 18.5 Å². The zero-order valence-electron chi connectivity index (χ0n) is 8.92. The van der Waals surface area contributed by atoms with E-state index in [1.54, 1.807) is 19.1 Å². The highest BCUT2D eigenvalue weighted by molar-refractivity contribution is 9.10. The van der Waals surface area contributed by atoms with Crippen LogP contribution in [0.15, 0.2) is 16.6 Å². The number of urea groups is 1. The van der Waals surface area contributed by atoms with Gasteiger partial charge in [0.1, 0.15) is 5.75 Å². The molecular formula is C10H10BrClN2O3. The van der Waals surface area contributed by atoms with Crippen LogP contribution in [0.5, 0.6) is 5.75 Å². The number of aryl methyl sites for hydroxylation is 1. The van der Waals surface area contributed by atoms with E-state index in [4.69, 9.17) is 22.1 Å². The summed E-state index contributed by atoms with van der Waals surface area (Å²) in [7, 11) is 0. The normalized spacial score (nSPS) is 9.82. The molecule has 3 amide bonds. The summed E-state index contributed by atoms with van der Waals surface area (Å²) in [4.78, 5) is 21.5. The first-order valence-electron chi connectivity index (χ1n) is 4.58. The molecule has 1 aromatic carbocycles. The predicted octanol–water partition coefficient (Wildman–Crippen LogP) is 1.98. The molecule has 7 heteroatoms. The van der Waals surface area contributed by atoms with Gasteiger partial charge in [-0.05, 0) is 24.6 Å². The van der Waals surface area contributed by atoms with E-state index in [1.807, 2.05) is 5.32 Å². The molecule has 17 heavy (non-hydrogen) atoms. The second kappa shape index (κ2) is 5.88. The predicted molar refractivity (Wildman–Crippen MR) is 67.1 cm³/mol. The summed E-state index contributed by atoms with van der Waals surface area (Å²) in [5.74, 6) is -0.231. The third kappa shape index (κ3) is 4.24. The van der Waals surface area contributed by atoms with Gasteiger partial charge < -0.3 is 10.5 Å². The number of ether oxygens (including phenoxy) is 1. The molecule has 0 aliphatic carbocycles. The molecule has 0 heterocycles. The van der Waals surface area contributed by atoms with Crippen molar-refractivity contribution in [3.63, 3.8) is 0 Å². The number of carbonyl (C=O) groups excluding carboxylic acids is 2. The molecule has 1 aromatic rings. The van der Waals surface area contributed by atoms with Gasteiger partial charge in [-0.25, -0.2) is 4.79 Å². The number of hydrogen-bond donors (Lipinski definition) is 2. The molecule has 1 rings (SSSR count). The number of benzene rings is 1. The molecule has 5 nitrogen and oxygen atoms in total. The highest BCUT2D eigenvalue weighted by Gasteiger charge is 2.10. The van der Waals surface area contributed by atoms with Crippen molar-refractivity contribution in [1.82, 2.24) is 5.32 Å². The van der Waals surface area contributed by atoms with Gasteiger partial charge in [0.05, 0.1) is 5.02 Å². The summed E-state index contributed by atoms with van der Waals surface area (Å²) in [6, 6.07) is 2.53. The summed E-state index contributed by atoms with van der Waals surface area (Å²) in [5.41, 5.74) is 5.56. The summed E-state index contributed by atoms with van der Waals surface area (Å²) in [6.45, 7) is 1.46. The van der Waals surface area contributed by atoms with Crippen molar-refractivity contribution in [2.45, 2.75) is 6.92 Å². The van der Waals surface area contributed by atoms with Gasteiger partial charge in [-0.2, -0.15) is 0 Å². The molecular weight excluding hydrogens is 311 g/mol. The lowest BCUT2D eigenvalue weighted by atomic mass is 10.2. The van der Waals surface area contributed by atoms with Crippen LogP contribution in [0, 0.1) is 6.92 Å². The van der Waals surface area contributed by atoms with Crippen LogP contribution >= 0.6 is 27.5 Å². The fourth-order valence-electron chi connectivity index (χ4n) is 1.18. The van der Waals surface area contributed by atoms with Crippen molar-refractivity contribution in [2.75, 3.05) is 6.61 Å². The third-order valence-corrected chi connectivity index (χ3v) is 2.54. The third-order valence-electron chi connectivity index (χ3n) is 1.80. The van der Waals surface area contributed by atoms with Crippen molar-refractivity contribution in [1.29, 1.82) is 0 Å². The lowest BCUT2D eigenvalue weighted by molar-refractivity contribution is -0.121. The Labute approximate surface area is 111 Å². The molecule has 0 aromatic heterocycles. The first kappa shape index (κ1) is 13.8. The molecule has 0 saturated heterocycles. The average molecular weight is 322 g/mol. The van der Waals surface area contributed by atoms with Gasteiger partial charge >= 0.3 is 6.03 Å². The molecule has 0 atom stereocenters. The Hall–Kier alpha value is -1.27. The quantitative estimate of drug-likeness (QED) is 0.893. The van der Waals surface area contributed by atoms with E-state index in [0.717, 1.165) is 10.0 Å². The number of rotatable bonds is 3. The maximum atomic E-state index is 11.1. The summed E-state index contributed by atoms with van der Waals surface area (Å²) in [5, 5.41) is 2.26. The zero-order chi connectivity index (χ0) is 13.0. The van der Waals surface area contributed by atoms with Crippen LogP contribution in [0.3, 0.4) is 0 Å². The molecule has 0 spiro atoms. The van der Waals surface area contributed by atoms with Crippen LogP contribution in [-0.2, 0) is 4.79 Å². The Bertz CT molecular complexity index is 442. The van der Waals surface area contributed by atoms with E-state index in [1.165, 1.54) is 0 Å². The topological polar surface area (TPSA) is 81.4 Å². The van der Waals surface area contributed by atoms with Crippen molar-refractivity contribution >= 4 is 39.5 Å². The highest BCUT2D eigenvalue weighted by atomic mass is 79.9. The van der Waals surface area contributed by atoms with Gasteiger partial charge in [-0.3, -0.25) is 10.1 Å². The van der Waals surface area contributed by atoms with Crippen LogP contribution in [0.25, 0.3) is 0 Å². The largest absolute Gasteiger partial charge is 0.482 e. The van der Waals surface area contributed by atoms with Gasteiger partial charge in [0, 0.05) is 4.47 Å². The Kier molecular flexibility index (Phi) is 4.77. The lowest BCUT2D eigenvalue weighted by Gasteiger charge is -2.10. The molecule has 0 aliphatic heterocycles. The van der Waals surface area contributed by atoms with E-state index < -0.39 is 11.9 Å². The van der Waals surface area contributed by atoms with E-state index in [9.17, 15) is 9.59 Å². The van der Waals surface area contributed by atoms with Gasteiger partial charge in [0.25, 0.3) is 5.91 Å². The number of primary amides is 1. The monoisotopic (exact) mass is 320 g/mol. The Morgan fingerprint density at radius 3 is 2.71 bits per heavy atom. The lowest BCUT2D eigenvalue weighted by Crippen LogP contribution is -2.38. The second-order valence-electron chi connectivity index (χ2n) is 3.23. The molecule has 3 N–H and O–H groups in total. The summed E-state index contributed by atoms with van der Waals surface area (Å²) < 4.78 is 6.03. The van der Waals surface area contributed by atoms with Gasteiger partial charge in [-0.1, -0.05) is 27.5 Å². The number of nitrogens with two attached hydrogens (primary N) is 1. The number of amides is 3. The maximum Gasteiger partial charge on any atom is 0.318 e. The fraction of sp³-hybridized carbons (Fsp3) is 0.200. The Morgan fingerprint density at radius 1 is 1.53 bits per heavy atom. The smallest absolute Gasteiger partial charge is 0.318 e. The first-order chi connectivity index (χ1) is 7.90. The number of hydrogen-bond acceptors (Lipinski definition) is 3. The summed E-state index contributed by atoms with van der Waals surface area (Å²) >= 11 is 9.23. The van der Waals surface area contributed by atoms with Crippen LogP contribution in [0.1, 0.15) is 5.56 Å². The number of halogens is 2. The summed E-state index contributed by atoms with van der Waals surface area (Å²) in [6.07, 6.45) is 0. The highest BCUT2D eigenvalue weighted by Crippen LogP contribution is 2.31. The van der Waals surface area contributed by atoms with Crippen molar-refractivity contribution in [3.05, 3.63) is 27.2 Å². The van der Waals surface area contributed by atoms with Gasteiger partial charge in [0.2, 0.25) is 0 Å². The van der Waals surface area contributed by atoms with Gasteiger partial charge in [0.15, 0.2) is 6.61 Å². The number of carbonyl (C=O) groups is 2. The Morgan fingerprint density at radius 2 is 2.18 bits per heavy atom. The standard InChI is InChI=1S/C10H10BrClN2O3/c1-5-2-6(11)3-7(12)9(5)17-4-8(15)14-10(13)16/h2-3H,4H2,1H3,(H3,13,14,15,16). The minimum absolute atomic E-state index is 0.328. The SMILES string of the molecule is Cc1cc(Br)cc(Cl)c1OCC(=O)NC(N)=O. The molecule has 0 aliphatic rings. The van der Waals surface area contributed by atoms with Crippen LogP contribution in [0.2, 0.25) is 5.02 Å². The van der Waals surface area contributed by atoms with Crippen LogP contribution < -0.4 is 15.8 Å². The number of nitrogens with one attached hydrogen (secondary N) is 1. The second-order valence-corrected chi connectivity index (χ2v) is 4.56. The van der Waals surface area contributed by atoms with E-state index in [0.29, 0.717) is 10.8 Å². The first-order valence-corrected chi connectivity index (χ1v) is 5.75. The van der Waals surface area contributed by atoms with E-state index in [-0.39, 0.29) is 6.61 Å². The van der Waals surface area contributed by atoms with E-state index in [2.05, 4.69) is 15.9 Å². The van der Waals surface area contributed by atoms with Crippen molar-refractivity contribution < 1.29 is 14.3 Å². The van der Waals surface area contributed by atoms with Gasteiger partial charge in [-0.15, -0.1) is 0 Å². The van der Waals surface area contributed by atoms with Crippen molar-refractivity contribution in [3.8, 4) is 5.75 Å². The zero-order valence-corrected chi connectivity index (χ0v) is 11.3. The average Bonchev–Trinajstić information content (AvgIpc) is 2.14. The van der Waals surface area contributed by atoms with E-state index >= 15 is 0 Å². The molecule has 0 saturated carbocycles. The molecule has 92 valence electrons. The maximum absolute atomic E-state index is 11.1. The number of imide groups is 1. The van der Waals surface area contributed by atoms with Crippen LogP contribution in [0.4, 0.5) is 4.79 Å².